The van der Waals surface area contributed by atoms with Crippen molar-refractivity contribution < 1.29 is 4.42 Å². The minimum atomic E-state index is 0.586. The summed E-state index contributed by atoms with van der Waals surface area (Å²) in [4.78, 5) is 15.7. The minimum absolute atomic E-state index is 0.586. The van der Waals surface area contributed by atoms with Gasteiger partial charge in [0, 0.05) is 33.0 Å². The lowest BCUT2D eigenvalue weighted by atomic mass is 9.95. The predicted octanol–water partition coefficient (Wildman–Crippen LogP) is 15.2. The van der Waals surface area contributed by atoms with Crippen molar-refractivity contribution in [3.63, 3.8) is 0 Å². The van der Waals surface area contributed by atoms with Crippen LogP contribution in [0.15, 0.2) is 217 Å². The Morgan fingerprint density at radius 2 is 0.738 bits per heavy atom. The monoisotopic (exact) mass is 777 g/mol. The molecule has 0 fully saturated rings. The second-order valence-corrected chi connectivity index (χ2v) is 15.5. The highest BCUT2D eigenvalue weighted by atomic mass is 16.3. The van der Waals surface area contributed by atoms with Crippen molar-refractivity contribution in [1.82, 2.24) is 15.0 Å². The van der Waals surface area contributed by atoms with E-state index >= 15 is 0 Å². The Hall–Kier alpha value is -8.21. The number of fused-ring (bicyclic) bond motifs is 7. The van der Waals surface area contributed by atoms with Crippen LogP contribution in [0.4, 0.5) is 0 Å². The van der Waals surface area contributed by atoms with Gasteiger partial charge in [-0.05, 0) is 66.2 Å². The van der Waals surface area contributed by atoms with Crippen LogP contribution in [0.3, 0.4) is 0 Å². The van der Waals surface area contributed by atoms with E-state index in [1.165, 1.54) is 21.9 Å². The highest BCUT2D eigenvalue weighted by Gasteiger charge is 2.21. The molecule has 0 radical (unpaired) electrons. The Morgan fingerprint density at radius 3 is 1.46 bits per heavy atom. The molecule has 4 nitrogen and oxygen atoms in total. The van der Waals surface area contributed by atoms with E-state index < -0.39 is 0 Å². The van der Waals surface area contributed by atoms with Crippen LogP contribution < -0.4 is 0 Å². The molecule has 0 amide bonds. The lowest BCUT2D eigenvalue weighted by Crippen LogP contribution is -2.01. The van der Waals surface area contributed by atoms with E-state index in [9.17, 15) is 0 Å². The zero-order valence-electron chi connectivity index (χ0n) is 33.0. The molecule has 0 unspecified atom stereocenters. The third-order valence-corrected chi connectivity index (χ3v) is 12.0. The number of hydrogen-bond acceptors (Lipinski definition) is 4. The van der Waals surface area contributed by atoms with Gasteiger partial charge in [-0.2, -0.15) is 0 Å². The fraction of sp³-hybridized carbons (Fsp3) is 0. The van der Waals surface area contributed by atoms with Crippen LogP contribution in [-0.2, 0) is 0 Å². The predicted molar refractivity (Wildman–Crippen MR) is 252 cm³/mol. The average Bonchev–Trinajstić information content (AvgIpc) is 3.73. The Balaban J connectivity index is 1.03. The third kappa shape index (κ3) is 5.96. The van der Waals surface area contributed by atoms with E-state index in [0.717, 1.165) is 82.4 Å². The number of aromatic nitrogens is 3. The zero-order chi connectivity index (χ0) is 40.3. The van der Waals surface area contributed by atoms with Gasteiger partial charge in [0.25, 0.3) is 0 Å². The first-order valence-corrected chi connectivity index (χ1v) is 20.6. The summed E-state index contributed by atoms with van der Waals surface area (Å²) in [6, 6.07) is 74.5. The molecule has 0 saturated carbocycles. The largest absolute Gasteiger partial charge is 0.455 e. The van der Waals surface area contributed by atoms with Crippen molar-refractivity contribution in [2.45, 2.75) is 0 Å². The van der Waals surface area contributed by atoms with Gasteiger partial charge in [-0.3, -0.25) is 0 Å². The maximum absolute atomic E-state index is 6.95. The van der Waals surface area contributed by atoms with Crippen molar-refractivity contribution >= 4 is 54.3 Å². The van der Waals surface area contributed by atoms with E-state index in [0.29, 0.717) is 17.5 Å². The molecule has 0 saturated heterocycles. The summed E-state index contributed by atoms with van der Waals surface area (Å²) in [5.41, 5.74) is 11.2. The summed E-state index contributed by atoms with van der Waals surface area (Å²) in [7, 11) is 0. The van der Waals surface area contributed by atoms with Gasteiger partial charge in [0.1, 0.15) is 11.2 Å². The summed E-state index contributed by atoms with van der Waals surface area (Å²) in [5, 5.41) is 8.96. The van der Waals surface area contributed by atoms with Gasteiger partial charge in [-0.1, -0.05) is 206 Å². The zero-order valence-corrected chi connectivity index (χ0v) is 33.0. The highest BCUT2D eigenvalue weighted by Crippen LogP contribution is 2.43. The quantitative estimate of drug-likeness (QED) is 0.169. The highest BCUT2D eigenvalue weighted by molar-refractivity contribution is 6.23. The van der Waals surface area contributed by atoms with Gasteiger partial charge in [-0.15, -0.1) is 0 Å². The number of hydrogen-bond donors (Lipinski definition) is 0. The standard InChI is InChI=1S/C57H35N3O/c1-2-13-36(14-3-1)37-27-33-42(34-28-37)55-58-56(49-25-11-18-39-16-5-7-20-45(39)49)60-57(59-55)51-35-52-53(48-22-9-8-21-47(48)51)50-26-12-24-46(54(50)61-52)41-31-29-40(30-32-41)44-23-10-17-38-15-4-6-19-43(38)44/h1-35H. The maximum atomic E-state index is 6.95. The Labute approximate surface area is 352 Å². The molecule has 0 atom stereocenters. The van der Waals surface area contributed by atoms with Gasteiger partial charge in [0.15, 0.2) is 17.5 Å². The first-order chi connectivity index (χ1) is 30.2. The lowest BCUT2D eigenvalue weighted by Gasteiger charge is -2.12. The second-order valence-electron chi connectivity index (χ2n) is 15.5. The number of nitrogens with zero attached hydrogens (tertiary/aromatic N) is 3. The number of furan rings is 1. The first kappa shape index (κ1) is 34.8. The van der Waals surface area contributed by atoms with Crippen molar-refractivity contribution in [3.05, 3.63) is 212 Å². The molecule has 4 heteroatoms. The molecule has 0 bridgehead atoms. The molecule has 0 spiro atoms. The topological polar surface area (TPSA) is 51.8 Å². The Bertz CT molecular complexity index is 3620. The molecule has 0 aliphatic heterocycles. The van der Waals surface area contributed by atoms with E-state index in [2.05, 4.69) is 206 Å². The van der Waals surface area contributed by atoms with E-state index in [4.69, 9.17) is 19.4 Å². The van der Waals surface area contributed by atoms with Crippen LogP contribution in [0.2, 0.25) is 0 Å². The molecule has 12 aromatic rings. The van der Waals surface area contributed by atoms with Crippen molar-refractivity contribution in [1.29, 1.82) is 0 Å². The van der Waals surface area contributed by atoms with E-state index in [1.807, 2.05) is 6.07 Å². The summed E-state index contributed by atoms with van der Waals surface area (Å²) in [5.74, 6) is 1.81. The molecular weight excluding hydrogens is 743 g/mol. The van der Waals surface area contributed by atoms with Crippen LogP contribution in [0, 0.1) is 0 Å². The Kier molecular flexibility index (Phi) is 8.13. The van der Waals surface area contributed by atoms with Crippen LogP contribution in [-0.4, -0.2) is 15.0 Å². The molecule has 2 aromatic heterocycles. The van der Waals surface area contributed by atoms with E-state index in [-0.39, 0.29) is 0 Å². The van der Waals surface area contributed by atoms with Crippen LogP contribution in [0.25, 0.3) is 122 Å². The van der Waals surface area contributed by atoms with Gasteiger partial charge >= 0.3 is 0 Å². The van der Waals surface area contributed by atoms with E-state index in [1.54, 1.807) is 0 Å². The van der Waals surface area contributed by atoms with Crippen molar-refractivity contribution in [2.75, 3.05) is 0 Å². The fourth-order valence-corrected chi connectivity index (χ4v) is 8.99. The van der Waals surface area contributed by atoms with Crippen LogP contribution >= 0.6 is 0 Å². The van der Waals surface area contributed by atoms with Crippen molar-refractivity contribution in [2.24, 2.45) is 0 Å². The summed E-state index contributed by atoms with van der Waals surface area (Å²) in [6.45, 7) is 0. The van der Waals surface area contributed by atoms with Gasteiger partial charge < -0.3 is 4.42 Å². The summed E-state index contributed by atoms with van der Waals surface area (Å²) >= 11 is 0. The third-order valence-electron chi connectivity index (χ3n) is 12.0. The molecule has 0 aliphatic rings. The Morgan fingerprint density at radius 1 is 0.279 bits per heavy atom. The SMILES string of the molecule is c1ccc(-c2ccc(-c3nc(-c4cccc5ccccc45)nc(-c4cc5oc6c(-c7ccc(-c8cccc9ccccc89)cc7)cccc6c5c5ccccc45)n3)cc2)cc1. The molecule has 10 aromatic carbocycles. The maximum Gasteiger partial charge on any atom is 0.164 e. The minimum Gasteiger partial charge on any atom is -0.455 e. The average molecular weight is 778 g/mol. The first-order valence-electron chi connectivity index (χ1n) is 20.6. The van der Waals surface area contributed by atoms with Crippen molar-refractivity contribution in [3.8, 4) is 67.5 Å². The second kappa shape index (κ2) is 14.3. The van der Waals surface area contributed by atoms with Gasteiger partial charge in [0.05, 0.1) is 0 Å². The normalized spacial score (nSPS) is 11.6. The number of benzene rings is 10. The van der Waals surface area contributed by atoms with Crippen LogP contribution in [0.1, 0.15) is 0 Å². The molecule has 2 heterocycles. The lowest BCUT2D eigenvalue weighted by molar-refractivity contribution is 0.670. The van der Waals surface area contributed by atoms with Gasteiger partial charge in [0.2, 0.25) is 0 Å². The molecule has 61 heavy (non-hydrogen) atoms. The van der Waals surface area contributed by atoms with Gasteiger partial charge in [-0.25, -0.2) is 15.0 Å². The summed E-state index contributed by atoms with van der Waals surface area (Å²) in [6.07, 6.45) is 0. The number of para-hydroxylation sites is 1. The van der Waals surface area contributed by atoms with Crippen LogP contribution in [0.5, 0.6) is 0 Å². The smallest absolute Gasteiger partial charge is 0.164 e. The fourth-order valence-electron chi connectivity index (χ4n) is 8.99. The molecule has 0 N–H and O–H groups in total. The molecule has 284 valence electrons. The molecular formula is C57H35N3O. The molecule has 0 aliphatic carbocycles. The summed E-state index contributed by atoms with van der Waals surface area (Å²) < 4.78 is 6.95. The molecule has 12 rings (SSSR count). The number of rotatable bonds is 6.